The van der Waals surface area contributed by atoms with Gasteiger partial charge in [0.15, 0.2) is 5.78 Å². The van der Waals surface area contributed by atoms with Crippen molar-refractivity contribution in [2.24, 2.45) is 0 Å². The van der Waals surface area contributed by atoms with Gasteiger partial charge in [0.2, 0.25) is 0 Å². The maximum atomic E-state index is 13.7. The Morgan fingerprint density at radius 2 is 2.16 bits per heavy atom. The summed E-state index contributed by atoms with van der Waals surface area (Å²) in [6.45, 7) is 6.35. The molecule has 1 fully saturated rings. The first-order valence-electron chi connectivity index (χ1n) is 6.51. The molecule has 0 unspecified atom stereocenters. The Morgan fingerprint density at radius 1 is 1.42 bits per heavy atom. The van der Waals surface area contributed by atoms with E-state index in [4.69, 9.17) is 4.74 Å². The number of rotatable bonds is 5. The van der Waals surface area contributed by atoms with Crippen LogP contribution in [0.4, 0.5) is 10.1 Å². The third kappa shape index (κ3) is 4.01. The monoisotopic (exact) mass is 266 g/mol. The number of hydrogen-bond acceptors (Lipinski definition) is 4. The number of nitrogens with one attached hydrogen (secondary N) is 1. The summed E-state index contributed by atoms with van der Waals surface area (Å²) in [5, 5.41) is 3.06. The normalized spacial score (nSPS) is 16.3. The highest BCUT2D eigenvalue weighted by molar-refractivity contribution is 5.94. The zero-order chi connectivity index (χ0) is 13.7. The number of halogens is 1. The van der Waals surface area contributed by atoms with Crippen molar-refractivity contribution in [2.45, 2.75) is 6.92 Å². The molecule has 0 atom stereocenters. The van der Waals surface area contributed by atoms with Gasteiger partial charge in [0.25, 0.3) is 0 Å². The van der Waals surface area contributed by atoms with Crippen LogP contribution in [0.1, 0.15) is 17.3 Å². The average Bonchev–Trinajstić information content (AvgIpc) is 2.41. The molecule has 0 spiro atoms. The van der Waals surface area contributed by atoms with E-state index in [1.807, 2.05) is 0 Å². The molecule has 0 radical (unpaired) electrons. The molecular weight excluding hydrogens is 247 g/mol. The van der Waals surface area contributed by atoms with Crippen molar-refractivity contribution in [3.05, 3.63) is 29.6 Å². The summed E-state index contributed by atoms with van der Waals surface area (Å²) in [5.74, 6) is -0.506. The Kier molecular flexibility index (Phi) is 4.87. The highest BCUT2D eigenvalue weighted by atomic mass is 19.1. The van der Waals surface area contributed by atoms with Gasteiger partial charge in [-0.25, -0.2) is 4.39 Å². The Labute approximate surface area is 112 Å². The van der Waals surface area contributed by atoms with E-state index in [9.17, 15) is 9.18 Å². The summed E-state index contributed by atoms with van der Waals surface area (Å²) in [7, 11) is 0. The van der Waals surface area contributed by atoms with Gasteiger partial charge in [-0.05, 0) is 25.1 Å². The van der Waals surface area contributed by atoms with E-state index in [2.05, 4.69) is 10.2 Å². The summed E-state index contributed by atoms with van der Waals surface area (Å²) in [6.07, 6.45) is 0. The summed E-state index contributed by atoms with van der Waals surface area (Å²) in [6, 6.07) is 4.53. The van der Waals surface area contributed by atoms with E-state index in [1.54, 1.807) is 12.1 Å². The molecule has 2 rings (SSSR count). The van der Waals surface area contributed by atoms with E-state index in [0.29, 0.717) is 17.8 Å². The predicted octanol–water partition coefficient (Wildman–Crippen LogP) is 1.77. The molecule has 0 aliphatic carbocycles. The van der Waals surface area contributed by atoms with E-state index >= 15 is 0 Å². The third-order valence-electron chi connectivity index (χ3n) is 3.22. The van der Waals surface area contributed by atoms with Crippen molar-refractivity contribution in [1.82, 2.24) is 4.90 Å². The topological polar surface area (TPSA) is 41.6 Å². The van der Waals surface area contributed by atoms with Crippen molar-refractivity contribution >= 4 is 11.5 Å². The van der Waals surface area contributed by atoms with Gasteiger partial charge in [0.1, 0.15) is 5.82 Å². The first-order chi connectivity index (χ1) is 9.16. The van der Waals surface area contributed by atoms with Gasteiger partial charge in [-0.2, -0.15) is 0 Å². The van der Waals surface area contributed by atoms with Crippen molar-refractivity contribution in [1.29, 1.82) is 0 Å². The number of Topliss-reactive ketones (excluding diaryl/α,β-unsaturated/α-hetero) is 1. The molecule has 1 aliphatic heterocycles. The molecule has 5 heteroatoms. The van der Waals surface area contributed by atoms with E-state index in [1.165, 1.54) is 13.0 Å². The zero-order valence-corrected chi connectivity index (χ0v) is 11.1. The standard InChI is InChI=1S/C14H19FN2O2/c1-11(18)12-2-3-14(13(15)10-12)16-4-5-17-6-8-19-9-7-17/h2-3,10,16H,4-9H2,1H3. The first kappa shape index (κ1) is 14.0. The molecule has 1 saturated heterocycles. The Morgan fingerprint density at radius 3 is 2.79 bits per heavy atom. The van der Waals surface area contributed by atoms with Crippen LogP contribution in [0.5, 0.6) is 0 Å². The fraction of sp³-hybridized carbons (Fsp3) is 0.500. The van der Waals surface area contributed by atoms with Gasteiger partial charge in [-0.3, -0.25) is 9.69 Å². The zero-order valence-electron chi connectivity index (χ0n) is 11.1. The van der Waals surface area contributed by atoms with Gasteiger partial charge in [-0.15, -0.1) is 0 Å². The van der Waals surface area contributed by atoms with Gasteiger partial charge < -0.3 is 10.1 Å². The molecular formula is C14H19FN2O2. The summed E-state index contributed by atoms with van der Waals surface area (Å²) in [5.41, 5.74) is 0.842. The Bertz CT molecular complexity index is 445. The fourth-order valence-electron chi connectivity index (χ4n) is 2.05. The molecule has 4 nitrogen and oxygen atoms in total. The number of nitrogens with zero attached hydrogens (tertiary/aromatic N) is 1. The Hall–Kier alpha value is -1.46. The molecule has 1 heterocycles. The van der Waals surface area contributed by atoms with Crippen molar-refractivity contribution in [3.8, 4) is 0 Å². The molecule has 0 saturated carbocycles. The number of anilines is 1. The van der Waals surface area contributed by atoms with E-state index < -0.39 is 0 Å². The molecule has 104 valence electrons. The Balaban J connectivity index is 1.83. The van der Waals surface area contributed by atoms with Crippen LogP contribution < -0.4 is 5.32 Å². The van der Waals surface area contributed by atoms with Crippen molar-refractivity contribution in [2.75, 3.05) is 44.7 Å². The first-order valence-corrected chi connectivity index (χ1v) is 6.51. The van der Waals surface area contributed by atoms with Gasteiger partial charge in [-0.1, -0.05) is 0 Å². The van der Waals surface area contributed by atoms with Crippen LogP contribution >= 0.6 is 0 Å². The number of morpholine rings is 1. The quantitative estimate of drug-likeness (QED) is 0.825. The number of ether oxygens (including phenoxy) is 1. The van der Waals surface area contributed by atoms with Crippen molar-refractivity contribution < 1.29 is 13.9 Å². The van der Waals surface area contributed by atoms with Crippen LogP contribution in [-0.4, -0.2) is 50.1 Å². The second-order valence-corrected chi connectivity index (χ2v) is 4.63. The van der Waals surface area contributed by atoms with E-state index in [0.717, 1.165) is 32.8 Å². The molecule has 0 aromatic heterocycles. The maximum absolute atomic E-state index is 13.7. The summed E-state index contributed by atoms with van der Waals surface area (Å²) in [4.78, 5) is 13.4. The minimum Gasteiger partial charge on any atom is -0.381 e. The molecule has 1 aromatic carbocycles. The lowest BCUT2D eigenvalue weighted by Gasteiger charge is -2.26. The third-order valence-corrected chi connectivity index (χ3v) is 3.22. The van der Waals surface area contributed by atoms with Gasteiger partial charge in [0, 0.05) is 31.7 Å². The van der Waals surface area contributed by atoms with Crippen LogP contribution in [-0.2, 0) is 4.74 Å². The molecule has 1 aliphatic rings. The second kappa shape index (κ2) is 6.63. The lowest BCUT2D eigenvalue weighted by atomic mass is 10.1. The van der Waals surface area contributed by atoms with Crippen LogP contribution in [0.25, 0.3) is 0 Å². The van der Waals surface area contributed by atoms with Gasteiger partial charge >= 0.3 is 0 Å². The van der Waals surface area contributed by atoms with Gasteiger partial charge in [0.05, 0.1) is 18.9 Å². The highest BCUT2D eigenvalue weighted by Gasteiger charge is 2.10. The largest absolute Gasteiger partial charge is 0.381 e. The SMILES string of the molecule is CC(=O)c1ccc(NCCN2CCOCC2)c(F)c1. The smallest absolute Gasteiger partial charge is 0.159 e. The number of benzene rings is 1. The minimum absolute atomic E-state index is 0.126. The lowest BCUT2D eigenvalue weighted by Crippen LogP contribution is -2.39. The second-order valence-electron chi connectivity index (χ2n) is 4.63. The van der Waals surface area contributed by atoms with Crippen LogP contribution in [0.3, 0.4) is 0 Å². The van der Waals surface area contributed by atoms with Crippen LogP contribution in [0.15, 0.2) is 18.2 Å². The number of hydrogen-bond donors (Lipinski definition) is 1. The predicted molar refractivity (Wildman–Crippen MR) is 72.2 cm³/mol. The molecule has 1 N–H and O–H groups in total. The summed E-state index contributed by atoms with van der Waals surface area (Å²) >= 11 is 0. The average molecular weight is 266 g/mol. The molecule has 0 amide bonds. The van der Waals surface area contributed by atoms with Crippen LogP contribution in [0.2, 0.25) is 0 Å². The van der Waals surface area contributed by atoms with Crippen molar-refractivity contribution in [3.63, 3.8) is 0 Å². The van der Waals surface area contributed by atoms with Crippen LogP contribution in [0, 0.1) is 5.82 Å². The molecule has 19 heavy (non-hydrogen) atoms. The highest BCUT2D eigenvalue weighted by Crippen LogP contribution is 2.15. The maximum Gasteiger partial charge on any atom is 0.159 e. The van der Waals surface area contributed by atoms with E-state index in [-0.39, 0.29) is 11.6 Å². The molecule has 1 aromatic rings. The number of carbonyl (C=O) groups excluding carboxylic acids is 1. The fourth-order valence-corrected chi connectivity index (χ4v) is 2.05. The number of carbonyl (C=O) groups is 1. The molecule has 0 bridgehead atoms. The lowest BCUT2D eigenvalue weighted by molar-refractivity contribution is 0.0398. The minimum atomic E-state index is -0.380. The summed E-state index contributed by atoms with van der Waals surface area (Å²) < 4.78 is 19.0. The number of ketones is 1.